The van der Waals surface area contributed by atoms with Gasteiger partial charge in [0.1, 0.15) is 11.5 Å². The number of carbonyl (C=O) groups excluding carboxylic acids is 2. The molecule has 7 nitrogen and oxygen atoms in total. The molecule has 0 saturated heterocycles. The molecule has 3 amide bonds. The van der Waals surface area contributed by atoms with Gasteiger partial charge in [-0.05, 0) is 48.2 Å². The number of urea groups is 1. The molecule has 0 radical (unpaired) electrons. The van der Waals surface area contributed by atoms with Crippen LogP contribution >= 0.6 is 0 Å². The van der Waals surface area contributed by atoms with Crippen LogP contribution in [-0.4, -0.2) is 41.6 Å². The Labute approximate surface area is 171 Å². The Morgan fingerprint density at radius 1 is 1.10 bits per heavy atom. The van der Waals surface area contributed by atoms with Crippen molar-refractivity contribution in [2.24, 2.45) is 11.1 Å². The van der Waals surface area contributed by atoms with Crippen LogP contribution in [0.1, 0.15) is 37.6 Å². The Morgan fingerprint density at radius 2 is 1.76 bits per heavy atom. The number of nitrogens with two attached hydrogens (primary N) is 1. The standard InChI is InChI=1S/C22H29N3O4/c1-22(2,3)15-25(13-6-14-26)21(28)24-16-9-11-17(12-10-16)29-19-8-5-4-7-18(19)20(23)27/h4-5,7-12,26H,6,13-15H2,1-3H3,(H2,23,27)(H,24,28). The van der Waals surface area contributed by atoms with Crippen LogP contribution in [0, 0.1) is 5.41 Å². The molecular formula is C22H29N3O4. The molecule has 0 spiro atoms. The van der Waals surface area contributed by atoms with E-state index in [1.807, 2.05) is 0 Å². The number of rotatable bonds is 8. The van der Waals surface area contributed by atoms with E-state index in [-0.39, 0.29) is 18.1 Å². The lowest BCUT2D eigenvalue weighted by atomic mass is 9.96. The molecule has 2 aromatic rings. The Balaban J connectivity index is 2.05. The fourth-order valence-electron chi connectivity index (χ4n) is 2.78. The Bertz CT molecular complexity index is 829. The highest BCUT2D eigenvalue weighted by molar-refractivity contribution is 5.95. The van der Waals surface area contributed by atoms with Gasteiger partial charge in [-0.1, -0.05) is 32.9 Å². The van der Waals surface area contributed by atoms with E-state index >= 15 is 0 Å². The van der Waals surface area contributed by atoms with Gasteiger partial charge in [0.25, 0.3) is 5.91 Å². The summed E-state index contributed by atoms with van der Waals surface area (Å²) in [4.78, 5) is 25.8. The normalized spacial score (nSPS) is 11.0. The van der Waals surface area contributed by atoms with Gasteiger partial charge in [0.15, 0.2) is 0 Å². The Morgan fingerprint density at radius 3 is 2.34 bits per heavy atom. The van der Waals surface area contributed by atoms with Crippen molar-refractivity contribution in [3.8, 4) is 11.5 Å². The van der Waals surface area contributed by atoms with Crippen molar-refractivity contribution in [2.45, 2.75) is 27.2 Å². The third-order valence-electron chi connectivity index (χ3n) is 4.02. The van der Waals surface area contributed by atoms with Crippen LogP contribution in [0.5, 0.6) is 11.5 Å². The zero-order chi connectivity index (χ0) is 21.4. The van der Waals surface area contributed by atoms with Crippen LogP contribution in [-0.2, 0) is 0 Å². The van der Waals surface area contributed by atoms with Gasteiger partial charge in [0.2, 0.25) is 0 Å². The van der Waals surface area contributed by atoms with E-state index in [1.165, 1.54) is 0 Å². The molecule has 0 bridgehead atoms. The molecule has 2 aromatic carbocycles. The second-order valence-electron chi connectivity index (χ2n) is 7.98. The fourth-order valence-corrected chi connectivity index (χ4v) is 2.78. The molecule has 0 atom stereocenters. The van der Waals surface area contributed by atoms with Crippen LogP contribution in [0.3, 0.4) is 0 Å². The van der Waals surface area contributed by atoms with E-state index in [9.17, 15) is 9.59 Å². The van der Waals surface area contributed by atoms with Crippen LogP contribution in [0.4, 0.5) is 10.5 Å². The molecule has 29 heavy (non-hydrogen) atoms. The molecule has 156 valence electrons. The quantitative estimate of drug-likeness (QED) is 0.627. The van der Waals surface area contributed by atoms with Crippen LogP contribution < -0.4 is 15.8 Å². The smallest absolute Gasteiger partial charge is 0.321 e. The van der Waals surface area contributed by atoms with E-state index in [4.69, 9.17) is 15.6 Å². The van der Waals surface area contributed by atoms with E-state index in [0.29, 0.717) is 42.3 Å². The number of aliphatic hydroxyl groups is 1. The highest BCUT2D eigenvalue weighted by atomic mass is 16.5. The van der Waals surface area contributed by atoms with Crippen molar-refractivity contribution >= 4 is 17.6 Å². The average Bonchev–Trinajstić information content (AvgIpc) is 2.66. The Hall–Kier alpha value is -3.06. The molecule has 0 saturated carbocycles. The second-order valence-corrected chi connectivity index (χ2v) is 7.98. The maximum Gasteiger partial charge on any atom is 0.321 e. The van der Waals surface area contributed by atoms with Gasteiger partial charge in [0.05, 0.1) is 5.56 Å². The number of anilines is 1. The van der Waals surface area contributed by atoms with Crippen LogP contribution in [0.25, 0.3) is 0 Å². The molecule has 7 heteroatoms. The maximum absolute atomic E-state index is 12.6. The van der Waals surface area contributed by atoms with E-state index in [0.717, 1.165) is 0 Å². The van der Waals surface area contributed by atoms with Gasteiger partial charge < -0.3 is 25.8 Å². The minimum atomic E-state index is -0.564. The van der Waals surface area contributed by atoms with Crippen molar-refractivity contribution in [1.82, 2.24) is 4.90 Å². The van der Waals surface area contributed by atoms with Gasteiger partial charge in [0, 0.05) is 25.4 Å². The van der Waals surface area contributed by atoms with Gasteiger partial charge in [-0.3, -0.25) is 4.79 Å². The summed E-state index contributed by atoms with van der Waals surface area (Å²) in [5.74, 6) is 0.326. The van der Waals surface area contributed by atoms with Crippen LogP contribution in [0.2, 0.25) is 0 Å². The number of hydrogen-bond donors (Lipinski definition) is 3. The number of amides is 3. The fraction of sp³-hybridized carbons (Fsp3) is 0.364. The Kier molecular flexibility index (Phi) is 7.61. The van der Waals surface area contributed by atoms with Gasteiger partial charge in [-0.2, -0.15) is 0 Å². The number of primary amides is 1. The number of hydrogen-bond acceptors (Lipinski definition) is 4. The summed E-state index contributed by atoms with van der Waals surface area (Å²) >= 11 is 0. The van der Waals surface area contributed by atoms with E-state index < -0.39 is 5.91 Å². The molecule has 4 N–H and O–H groups in total. The summed E-state index contributed by atoms with van der Waals surface area (Å²) in [7, 11) is 0. The third-order valence-corrected chi connectivity index (χ3v) is 4.02. The van der Waals surface area contributed by atoms with Gasteiger partial charge in [-0.15, -0.1) is 0 Å². The van der Waals surface area contributed by atoms with Gasteiger partial charge >= 0.3 is 6.03 Å². The molecule has 0 unspecified atom stereocenters. The van der Waals surface area contributed by atoms with Gasteiger partial charge in [-0.25, -0.2) is 4.79 Å². The van der Waals surface area contributed by atoms with E-state index in [1.54, 1.807) is 53.4 Å². The first-order valence-corrected chi connectivity index (χ1v) is 9.53. The zero-order valence-corrected chi connectivity index (χ0v) is 17.1. The van der Waals surface area contributed by atoms with Crippen molar-refractivity contribution in [1.29, 1.82) is 0 Å². The molecule has 0 heterocycles. The summed E-state index contributed by atoms with van der Waals surface area (Å²) in [6.07, 6.45) is 0.523. The molecule has 0 aromatic heterocycles. The average molecular weight is 399 g/mol. The highest BCUT2D eigenvalue weighted by Crippen LogP contribution is 2.26. The first-order chi connectivity index (χ1) is 13.7. The number of nitrogens with one attached hydrogen (secondary N) is 1. The first-order valence-electron chi connectivity index (χ1n) is 9.53. The topological polar surface area (TPSA) is 105 Å². The molecule has 0 aliphatic heterocycles. The first kappa shape index (κ1) is 22.2. The van der Waals surface area contributed by atoms with Crippen molar-refractivity contribution in [2.75, 3.05) is 25.0 Å². The lowest BCUT2D eigenvalue weighted by molar-refractivity contribution is 0.0998. The van der Waals surface area contributed by atoms with Crippen molar-refractivity contribution in [3.05, 3.63) is 54.1 Å². The zero-order valence-electron chi connectivity index (χ0n) is 17.1. The largest absolute Gasteiger partial charge is 0.457 e. The predicted octanol–water partition coefficient (Wildman–Crippen LogP) is 3.84. The maximum atomic E-state index is 12.6. The SMILES string of the molecule is CC(C)(C)CN(CCCO)C(=O)Nc1ccc(Oc2ccccc2C(N)=O)cc1. The summed E-state index contributed by atoms with van der Waals surface area (Å²) in [5, 5.41) is 12.0. The molecule has 2 rings (SSSR count). The summed E-state index contributed by atoms with van der Waals surface area (Å²) < 4.78 is 5.75. The summed E-state index contributed by atoms with van der Waals surface area (Å²) in [6.45, 7) is 7.26. The molecule has 0 aliphatic rings. The minimum absolute atomic E-state index is 0.0345. The second kappa shape index (κ2) is 9.93. The third kappa shape index (κ3) is 7.12. The number of aliphatic hydroxyl groups excluding tert-OH is 1. The van der Waals surface area contributed by atoms with Crippen LogP contribution in [0.15, 0.2) is 48.5 Å². The number of nitrogens with zero attached hydrogens (tertiary/aromatic N) is 1. The minimum Gasteiger partial charge on any atom is -0.457 e. The monoisotopic (exact) mass is 399 g/mol. The van der Waals surface area contributed by atoms with E-state index in [2.05, 4.69) is 26.1 Å². The van der Waals surface area contributed by atoms with Crippen molar-refractivity contribution in [3.63, 3.8) is 0 Å². The number of para-hydroxylation sites is 1. The summed E-state index contributed by atoms with van der Waals surface area (Å²) in [6, 6.07) is 13.4. The molecule has 0 fully saturated rings. The lowest BCUT2D eigenvalue weighted by Gasteiger charge is -2.30. The predicted molar refractivity (Wildman–Crippen MR) is 113 cm³/mol. The summed E-state index contributed by atoms with van der Waals surface area (Å²) in [5.41, 5.74) is 6.23. The highest BCUT2D eigenvalue weighted by Gasteiger charge is 2.21. The lowest BCUT2D eigenvalue weighted by Crippen LogP contribution is -2.41. The van der Waals surface area contributed by atoms with Crippen molar-refractivity contribution < 1.29 is 19.4 Å². The molecule has 0 aliphatic carbocycles. The number of ether oxygens (including phenoxy) is 1. The number of carbonyl (C=O) groups is 2. The number of benzene rings is 2. The molecular weight excluding hydrogens is 370 g/mol.